The Morgan fingerprint density at radius 2 is 2.18 bits per heavy atom. The number of hydrogen-bond acceptors (Lipinski definition) is 4. The monoisotopic (exact) mass is 362 g/mol. The lowest BCUT2D eigenvalue weighted by atomic mass is 10.2. The number of amides is 1. The smallest absolute Gasteiger partial charge is 0.271 e. The molecule has 2 rings (SSSR count). The first-order chi connectivity index (χ1) is 10.6. The van der Waals surface area contributed by atoms with Gasteiger partial charge in [-0.05, 0) is 37.3 Å². The van der Waals surface area contributed by atoms with Gasteiger partial charge in [0, 0.05) is 21.7 Å². The average Bonchev–Trinajstić information content (AvgIpc) is 2.49. The van der Waals surface area contributed by atoms with E-state index in [4.69, 9.17) is 4.74 Å². The van der Waals surface area contributed by atoms with E-state index in [-0.39, 0.29) is 11.7 Å². The van der Waals surface area contributed by atoms with Gasteiger partial charge in [-0.15, -0.1) is 0 Å². The van der Waals surface area contributed by atoms with Crippen LogP contribution in [0.3, 0.4) is 0 Å². The van der Waals surface area contributed by atoms with Crippen molar-refractivity contribution < 1.29 is 14.6 Å². The molecule has 22 heavy (non-hydrogen) atoms. The number of halogens is 1. The van der Waals surface area contributed by atoms with Crippen LogP contribution in [0.1, 0.15) is 22.8 Å². The normalized spacial score (nSPS) is 10.6. The topological polar surface area (TPSA) is 70.9 Å². The highest BCUT2D eigenvalue weighted by Gasteiger charge is 2.05. The van der Waals surface area contributed by atoms with Gasteiger partial charge in [0.15, 0.2) is 0 Å². The number of phenols is 1. The molecule has 0 atom stereocenters. The lowest BCUT2D eigenvalue weighted by Crippen LogP contribution is -2.17. The van der Waals surface area contributed by atoms with Crippen LogP contribution >= 0.6 is 15.9 Å². The highest BCUT2D eigenvalue weighted by Crippen LogP contribution is 2.22. The number of phenolic OH excluding ortho intramolecular Hbond substituents is 1. The van der Waals surface area contributed by atoms with Crippen molar-refractivity contribution in [2.45, 2.75) is 6.92 Å². The molecule has 2 aromatic carbocycles. The van der Waals surface area contributed by atoms with E-state index in [2.05, 4.69) is 26.5 Å². The van der Waals surface area contributed by atoms with E-state index in [1.54, 1.807) is 30.3 Å². The predicted molar refractivity (Wildman–Crippen MR) is 88.5 cm³/mol. The van der Waals surface area contributed by atoms with E-state index in [9.17, 15) is 9.90 Å². The average molecular weight is 363 g/mol. The number of hydrogen-bond donors (Lipinski definition) is 2. The summed E-state index contributed by atoms with van der Waals surface area (Å²) in [5, 5.41) is 13.7. The Labute approximate surface area is 136 Å². The third-order valence-corrected chi connectivity index (χ3v) is 3.26. The maximum atomic E-state index is 11.9. The van der Waals surface area contributed by atoms with Crippen LogP contribution in [0, 0.1) is 0 Å². The number of carbonyl (C=O) groups excluding carboxylic acids is 1. The summed E-state index contributed by atoms with van der Waals surface area (Å²) >= 11 is 3.30. The minimum absolute atomic E-state index is 0.0337. The molecule has 0 fully saturated rings. The molecule has 0 radical (unpaired) electrons. The van der Waals surface area contributed by atoms with Gasteiger partial charge >= 0.3 is 0 Å². The van der Waals surface area contributed by atoms with Gasteiger partial charge in [-0.1, -0.05) is 22.0 Å². The Morgan fingerprint density at radius 3 is 2.86 bits per heavy atom. The van der Waals surface area contributed by atoms with Crippen molar-refractivity contribution >= 4 is 28.1 Å². The fraction of sp³-hybridized carbons (Fsp3) is 0.125. The lowest BCUT2D eigenvalue weighted by Gasteiger charge is -2.05. The van der Waals surface area contributed by atoms with Crippen LogP contribution in [-0.2, 0) is 0 Å². The number of benzene rings is 2. The summed E-state index contributed by atoms with van der Waals surface area (Å²) in [6.45, 7) is 2.39. The Balaban J connectivity index is 2.02. The molecular weight excluding hydrogens is 348 g/mol. The summed E-state index contributed by atoms with van der Waals surface area (Å²) in [7, 11) is 0. The predicted octanol–water partition coefficient (Wildman–Crippen LogP) is 3.32. The number of nitrogens with zero attached hydrogens (tertiary/aromatic N) is 1. The molecule has 2 aromatic rings. The summed E-state index contributed by atoms with van der Waals surface area (Å²) in [4.78, 5) is 11.9. The van der Waals surface area contributed by atoms with Crippen LogP contribution in [0.15, 0.2) is 52.0 Å². The lowest BCUT2D eigenvalue weighted by molar-refractivity contribution is 0.0955. The fourth-order valence-electron chi connectivity index (χ4n) is 1.74. The van der Waals surface area contributed by atoms with E-state index in [1.165, 1.54) is 12.3 Å². The van der Waals surface area contributed by atoms with Gasteiger partial charge in [0.25, 0.3) is 5.91 Å². The number of rotatable bonds is 5. The van der Waals surface area contributed by atoms with Crippen molar-refractivity contribution in [3.63, 3.8) is 0 Å². The van der Waals surface area contributed by atoms with E-state index < -0.39 is 0 Å². The zero-order valence-electron chi connectivity index (χ0n) is 11.9. The highest BCUT2D eigenvalue weighted by molar-refractivity contribution is 9.10. The summed E-state index contributed by atoms with van der Waals surface area (Å²) in [5.74, 6) is 0.282. The Bertz CT molecular complexity index is 702. The quantitative estimate of drug-likeness (QED) is 0.633. The summed E-state index contributed by atoms with van der Waals surface area (Å²) in [5.41, 5.74) is 3.38. The molecule has 0 aliphatic carbocycles. The molecule has 114 valence electrons. The standard InChI is InChI=1S/C16H15BrN2O3/c1-2-22-14-7-6-12(15(20)9-14)10-18-19-16(21)11-4-3-5-13(17)8-11/h3-10,20H,2H2,1H3,(H,19,21)/b18-10+. The number of hydrazone groups is 1. The Kier molecular flexibility index (Phi) is 5.55. The van der Waals surface area contributed by atoms with Gasteiger partial charge in [0.2, 0.25) is 0 Å². The minimum atomic E-state index is -0.331. The van der Waals surface area contributed by atoms with E-state index in [0.29, 0.717) is 23.5 Å². The van der Waals surface area contributed by atoms with Crippen LogP contribution in [0.4, 0.5) is 0 Å². The second-order valence-corrected chi connectivity index (χ2v) is 5.28. The van der Waals surface area contributed by atoms with Crippen LogP contribution in [0.2, 0.25) is 0 Å². The van der Waals surface area contributed by atoms with Crippen molar-refractivity contribution in [3.8, 4) is 11.5 Å². The molecule has 0 heterocycles. The molecule has 1 amide bonds. The van der Waals surface area contributed by atoms with E-state index in [0.717, 1.165) is 4.47 Å². The first-order valence-electron chi connectivity index (χ1n) is 6.65. The fourth-order valence-corrected chi connectivity index (χ4v) is 2.14. The van der Waals surface area contributed by atoms with Gasteiger partial charge in [-0.3, -0.25) is 4.79 Å². The molecular formula is C16H15BrN2O3. The minimum Gasteiger partial charge on any atom is -0.507 e. The molecule has 0 unspecified atom stereocenters. The number of carbonyl (C=O) groups is 1. The molecule has 0 spiro atoms. The molecule has 0 saturated heterocycles. The van der Waals surface area contributed by atoms with Crippen molar-refractivity contribution in [3.05, 3.63) is 58.1 Å². The van der Waals surface area contributed by atoms with Gasteiger partial charge in [-0.25, -0.2) is 5.43 Å². The maximum Gasteiger partial charge on any atom is 0.271 e. The Hall–Kier alpha value is -2.34. The number of aromatic hydroxyl groups is 1. The van der Waals surface area contributed by atoms with Gasteiger partial charge in [-0.2, -0.15) is 5.10 Å². The van der Waals surface area contributed by atoms with Gasteiger partial charge < -0.3 is 9.84 Å². The molecule has 2 N–H and O–H groups in total. The van der Waals surface area contributed by atoms with Crippen molar-refractivity contribution in [1.82, 2.24) is 5.43 Å². The van der Waals surface area contributed by atoms with Crippen molar-refractivity contribution in [2.24, 2.45) is 5.10 Å². The summed E-state index contributed by atoms with van der Waals surface area (Å²) in [6.07, 6.45) is 1.38. The largest absolute Gasteiger partial charge is 0.507 e. The third kappa shape index (κ3) is 4.33. The van der Waals surface area contributed by atoms with Crippen LogP contribution in [0.25, 0.3) is 0 Å². The number of nitrogens with one attached hydrogen (secondary N) is 1. The van der Waals surface area contributed by atoms with Crippen LogP contribution < -0.4 is 10.2 Å². The van der Waals surface area contributed by atoms with E-state index in [1.807, 2.05) is 13.0 Å². The highest BCUT2D eigenvalue weighted by atomic mass is 79.9. The Morgan fingerprint density at radius 1 is 1.36 bits per heavy atom. The molecule has 0 aliphatic heterocycles. The third-order valence-electron chi connectivity index (χ3n) is 2.77. The molecule has 0 saturated carbocycles. The summed E-state index contributed by atoms with van der Waals surface area (Å²) < 4.78 is 6.09. The second-order valence-electron chi connectivity index (χ2n) is 4.36. The number of ether oxygens (including phenoxy) is 1. The molecule has 0 aliphatic rings. The van der Waals surface area contributed by atoms with Gasteiger partial charge in [0.05, 0.1) is 12.8 Å². The zero-order valence-corrected chi connectivity index (χ0v) is 13.5. The second kappa shape index (κ2) is 7.61. The van der Waals surface area contributed by atoms with Crippen molar-refractivity contribution in [1.29, 1.82) is 0 Å². The van der Waals surface area contributed by atoms with Gasteiger partial charge in [0.1, 0.15) is 11.5 Å². The van der Waals surface area contributed by atoms with Crippen LogP contribution in [-0.4, -0.2) is 23.8 Å². The zero-order chi connectivity index (χ0) is 15.9. The molecule has 0 aromatic heterocycles. The first kappa shape index (κ1) is 16.0. The first-order valence-corrected chi connectivity index (χ1v) is 7.44. The SMILES string of the molecule is CCOc1ccc(/C=N/NC(=O)c2cccc(Br)c2)c(O)c1. The van der Waals surface area contributed by atoms with E-state index >= 15 is 0 Å². The summed E-state index contributed by atoms with van der Waals surface area (Å²) in [6, 6.07) is 11.9. The molecule has 0 bridgehead atoms. The molecule has 5 nitrogen and oxygen atoms in total. The van der Waals surface area contributed by atoms with Crippen molar-refractivity contribution in [2.75, 3.05) is 6.61 Å². The maximum absolute atomic E-state index is 11.9. The molecule has 6 heteroatoms. The van der Waals surface area contributed by atoms with Crippen LogP contribution in [0.5, 0.6) is 11.5 Å².